The number of rotatable bonds is 2. The molecule has 0 atom stereocenters. The molecule has 0 aromatic heterocycles. The van der Waals surface area contributed by atoms with Gasteiger partial charge in [-0.05, 0) is 33.6 Å². The van der Waals surface area contributed by atoms with Crippen molar-refractivity contribution >= 4 is 0 Å². The van der Waals surface area contributed by atoms with Gasteiger partial charge < -0.3 is 4.74 Å². The first-order chi connectivity index (χ1) is 5.91. The van der Waals surface area contributed by atoms with E-state index in [9.17, 15) is 4.39 Å². The van der Waals surface area contributed by atoms with Gasteiger partial charge in [0, 0.05) is 0 Å². The second kappa shape index (κ2) is 3.95. The van der Waals surface area contributed by atoms with Crippen LogP contribution in [0.3, 0.4) is 0 Å². The van der Waals surface area contributed by atoms with Gasteiger partial charge in [-0.3, -0.25) is 0 Å². The lowest BCUT2D eigenvalue weighted by Gasteiger charge is -2.32. The Bertz CT molecular complexity index is 154. The van der Waals surface area contributed by atoms with Crippen molar-refractivity contribution < 1.29 is 9.13 Å². The van der Waals surface area contributed by atoms with E-state index in [-0.39, 0.29) is 12.2 Å². The largest absolute Gasteiger partial charge is 0.373 e. The van der Waals surface area contributed by atoms with Gasteiger partial charge in [-0.15, -0.1) is 0 Å². The third kappa shape index (κ3) is 4.08. The minimum Gasteiger partial charge on any atom is -0.373 e. The number of alkyl halides is 1. The Morgan fingerprint density at radius 1 is 1.15 bits per heavy atom. The van der Waals surface area contributed by atoms with Gasteiger partial charge in [0.05, 0.1) is 12.2 Å². The highest BCUT2D eigenvalue weighted by Crippen LogP contribution is 2.32. The fourth-order valence-electron chi connectivity index (χ4n) is 1.68. The molecule has 0 unspecified atom stereocenters. The lowest BCUT2D eigenvalue weighted by atomic mass is 9.87. The van der Waals surface area contributed by atoms with Gasteiger partial charge in [0.25, 0.3) is 0 Å². The van der Waals surface area contributed by atoms with Crippen LogP contribution in [-0.4, -0.2) is 17.9 Å². The monoisotopic (exact) mass is 188 g/mol. The van der Waals surface area contributed by atoms with Crippen molar-refractivity contribution in [3.8, 4) is 0 Å². The maximum atomic E-state index is 14.0. The molecule has 13 heavy (non-hydrogen) atoms. The van der Waals surface area contributed by atoms with Crippen molar-refractivity contribution in [3.05, 3.63) is 0 Å². The molecule has 0 radical (unpaired) electrons. The summed E-state index contributed by atoms with van der Waals surface area (Å²) in [5.41, 5.74) is -1.25. The highest BCUT2D eigenvalue weighted by atomic mass is 19.1. The highest BCUT2D eigenvalue weighted by molar-refractivity contribution is 4.83. The third-order valence-corrected chi connectivity index (χ3v) is 2.51. The normalized spacial score (nSPS) is 23.1. The smallest absolute Gasteiger partial charge is 0.134 e. The lowest BCUT2D eigenvalue weighted by molar-refractivity contribution is -0.0757. The summed E-state index contributed by atoms with van der Waals surface area (Å²) in [6, 6.07) is 0. The molecule has 0 aromatic carbocycles. The summed E-state index contributed by atoms with van der Waals surface area (Å²) in [4.78, 5) is 0. The predicted octanol–water partition coefficient (Wildman–Crippen LogP) is 3.47. The Balaban J connectivity index is 2.33. The van der Waals surface area contributed by atoms with Gasteiger partial charge in [0.2, 0.25) is 0 Å². The highest BCUT2D eigenvalue weighted by Gasteiger charge is 2.33. The van der Waals surface area contributed by atoms with Crippen LogP contribution in [-0.2, 0) is 4.74 Å². The average Bonchev–Trinajstić information content (AvgIpc) is 2.02. The van der Waals surface area contributed by atoms with Crippen molar-refractivity contribution in [2.24, 2.45) is 0 Å². The maximum absolute atomic E-state index is 14.0. The summed E-state index contributed by atoms with van der Waals surface area (Å²) in [6.07, 6.45) is 4.58. The van der Waals surface area contributed by atoms with E-state index in [2.05, 4.69) is 0 Å². The molecule has 78 valence electrons. The molecule has 0 aliphatic heterocycles. The van der Waals surface area contributed by atoms with Crippen LogP contribution in [0.15, 0.2) is 0 Å². The van der Waals surface area contributed by atoms with Crippen molar-refractivity contribution in [1.29, 1.82) is 0 Å². The second-order valence-corrected chi connectivity index (χ2v) is 5.11. The minimum absolute atomic E-state index is 0.212. The molecular weight excluding hydrogens is 167 g/mol. The van der Waals surface area contributed by atoms with Gasteiger partial charge in [-0.25, -0.2) is 4.39 Å². The van der Waals surface area contributed by atoms with E-state index in [0.717, 1.165) is 12.8 Å². The molecule has 0 heterocycles. The van der Waals surface area contributed by atoms with Gasteiger partial charge in [-0.2, -0.15) is 0 Å². The zero-order valence-corrected chi connectivity index (χ0v) is 9.03. The molecule has 1 nitrogen and oxygen atoms in total. The molecule has 0 bridgehead atoms. The summed E-state index contributed by atoms with van der Waals surface area (Å²) in [6.45, 7) is 6.19. The Labute approximate surface area is 80.7 Å². The molecule has 2 heteroatoms. The van der Waals surface area contributed by atoms with Crippen LogP contribution in [0.1, 0.15) is 52.9 Å². The van der Waals surface area contributed by atoms with Crippen molar-refractivity contribution in [2.45, 2.75) is 64.1 Å². The van der Waals surface area contributed by atoms with Crippen LogP contribution in [0.2, 0.25) is 0 Å². The van der Waals surface area contributed by atoms with Crippen molar-refractivity contribution in [1.82, 2.24) is 0 Å². The first kappa shape index (κ1) is 11.0. The molecule has 1 aliphatic carbocycles. The zero-order valence-electron chi connectivity index (χ0n) is 9.03. The molecule has 0 N–H and O–H groups in total. The molecule has 0 saturated heterocycles. The molecule has 0 amide bonds. The standard InChI is InChI=1S/C11H21FO/c1-10(2,3)13-9-11(12)7-5-4-6-8-11/h4-9H2,1-3H3. The fraction of sp³-hybridized carbons (Fsp3) is 1.00. The molecule has 1 rings (SSSR count). The molecule has 0 aromatic rings. The maximum Gasteiger partial charge on any atom is 0.134 e. The topological polar surface area (TPSA) is 9.23 Å². The van der Waals surface area contributed by atoms with E-state index in [0.29, 0.717) is 12.8 Å². The van der Waals surface area contributed by atoms with Crippen molar-refractivity contribution in [3.63, 3.8) is 0 Å². The Kier molecular flexibility index (Phi) is 3.33. The quantitative estimate of drug-likeness (QED) is 0.644. The van der Waals surface area contributed by atoms with Crippen molar-refractivity contribution in [2.75, 3.05) is 6.61 Å². The van der Waals surface area contributed by atoms with Crippen LogP contribution in [0.4, 0.5) is 4.39 Å². The summed E-state index contributed by atoms with van der Waals surface area (Å²) in [5, 5.41) is 0. The van der Waals surface area contributed by atoms with Crippen LogP contribution in [0.25, 0.3) is 0 Å². The summed E-state index contributed by atoms with van der Waals surface area (Å²) < 4.78 is 19.5. The van der Waals surface area contributed by atoms with Crippen LogP contribution < -0.4 is 0 Å². The summed E-state index contributed by atoms with van der Waals surface area (Å²) >= 11 is 0. The Morgan fingerprint density at radius 3 is 2.15 bits per heavy atom. The van der Waals surface area contributed by atoms with Gasteiger partial charge in [0.1, 0.15) is 5.67 Å². The van der Waals surface area contributed by atoms with Gasteiger partial charge >= 0.3 is 0 Å². The Hall–Kier alpha value is -0.110. The second-order valence-electron chi connectivity index (χ2n) is 5.11. The predicted molar refractivity (Wildman–Crippen MR) is 52.6 cm³/mol. The SMILES string of the molecule is CC(C)(C)OCC1(F)CCCCC1. The van der Waals surface area contributed by atoms with Crippen LogP contribution in [0.5, 0.6) is 0 Å². The van der Waals surface area contributed by atoms with E-state index >= 15 is 0 Å². The van der Waals surface area contributed by atoms with Gasteiger partial charge in [-0.1, -0.05) is 19.3 Å². The molecule has 1 aliphatic rings. The Morgan fingerprint density at radius 2 is 1.69 bits per heavy atom. The number of hydrogen-bond donors (Lipinski definition) is 0. The number of hydrogen-bond acceptors (Lipinski definition) is 1. The zero-order chi connectivity index (χ0) is 9.95. The van der Waals surface area contributed by atoms with E-state index in [1.54, 1.807) is 0 Å². The van der Waals surface area contributed by atoms with Crippen LogP contribution >= 0.6 is 0 Å². The fourth-order valence-corrected chi connectivity index (χ4v) is 1.68. The third-order valence-electron chi connectivity index (χ3n) is 2.51. The summed E-state index contributed by atoms with van der Waals surface area (Å²) in [7, 11) is 0. The first-order valence-electron chi connectivity index (χ1n) is 5.24. The summed E-state index contributed by atoms with van der Waals surface area (Å²) in [5.74, 6) is 0. The molecule has 0 spiro atoms. The van der Waals surface area contributed by atoms with Gasteiger partial charge in [0.15, 0.2) is 0 Å². The number of ether oxygens (including phenoxy) is 1. The van der Waals surface area contributed by atoms with E-state index < -0.39 is 5.67 Å². The molecular formula is C11H21FO. The minimum atomic E-state index is -1.04. The van der Waals surface area contributed by atoms with E-state index in [4.69, 9.17) is 4.74 Å². The van der Waals surface area contributed by atoms with E-state index in [1.165, 1.54) is 6.42 Å². The average molecular weight is 188 g/mol. The first-order valence-corrected chi connectivity index (χ1v) is 5.24. The molecule has 1 fully saturated rings. The van der Waals surface area contributed by atoms with Crippen LogP contribution in [0, 0.1) is 0 Å². The lowest BCUT2D eigenvalue weighted by Crippen LogP contribution is -2.35. The molecule has 1 saturated carbocycles. The van der Waals surface area contributed by atoms with E-state index in [1.807, 2.05) is 20.8 Å². The number of halogens is 1.